The molecule has 0 amide bonds. The van der Waals surface area contributed by atoms with E-state index in [-0.39, 0.29) is 6.04 Å². The molecule has 1 fully saturated rings. The van der Waals surface area contributed by atoms with Crippen molar-refractivity contribution in [1.82, 2.24) is 19.2 Å². The van der Waals surface area contributed by atoms with E-state index in [1.54, 1.807) is 16.4 Å². The number of sulfonamides is 1. The summed E-state index contributed by atoms with van der Waals surface area (Å²) in [5, 5.41) is 4.43. The molecule has 1 N–H and O–H groups in total. The number of hydrogen-bond donors (Lipinski definition) is 1. The van der Waals surface area contributed by atoms with Crippen LogP contribution in [0.2, 0.25) is 0 Å². The molecule has 4 aromatic rings. The van der Waals surface area contributed by atoms with Gasteiger partial charge in [-0.05, 0) is 62.2 Å². The molecule has 192 valence electrons. The zero-order valence-corrected chi connectivity index (χ0v) is 22.4. The summed E-state index contributed by atoms with van der Waals surface area (Å²) in [6, 6.07) is 23.4. The minimum atomic E-state index is -3.51. The minimum absolute atomic E-state index is 0.0585. The Balaban J connectivity index is 1.34. The van der Waals surface area contributed by atoms with E-state index in [2.05, 4.69) is 43.1 Å². The number of anilines is 2. The maximum absolute atomic E-state index is 13.2. The molecule has 1 unspecified atom stereocenters. The van der Waals surface area contributed by atoms with Gasteiger partial charge in [-0.25, -0.2) is 18.4 Å². The molecule has 2 heterocycles. The lowest BCUT2D eigenvalue weighted by atomic mass is 10.2. The van der Waals surface area contributed by atoms with Gasteiger partial charge in [0.05, 0.1) is 16.5 Å². The second kappa shape index (κ2) is 10.6. The number of hydrogen-bond acceptors (Lipinski definition) is 6. The normalized spacial score (nSPS) is 16.1. The molecule has 0 aliphatic carbocycles. The standard InChI is InChI=1S/C29H33N5O2S/c1-4-23-11-15-25(16-12-23)37(35,36)34-19-17-33(18-20-34)22(3)28-31-27-8-6-5-7-26(27)29(32-28)30-24-13-9-21(2)10-14-24/h5-16,22H,4,17-20H2,1-3H3,(H,30,31,32). The summed E-state index contributed by atoms with van der Waals surface area (Å²) in [6.45, 7) is 8.32. The van der Waals surface area contributed by atoms with E-state index in [0.29, 0.717) is 31.1 Å². The molecule has 0 bridgehead atoms. The molecule has 0 radical (unpaired) electrons. The van der Waals surface area contributed by atoms with E-state index >= 15 is 0 Å². The van der Waals surface area contributed by atoms with E-state index < -0.39 is 10.0 Å². The lowest BCUT2D eigenvalue weighted by molar-refractivity contribution is 0.141. The molecule has 5 rings (SSSR count). The molecule has 1 aromatic heterocycles. The van der Waals surface area contributed by atoms with Crippen LogP contribution in [0.15, 0.2) is 77.7 Å². The average molecular weight is 516 g/mol. The van der Waals surface area contributed by atoms with E-state index in [1.165, 1.54) is 5.56 Å². The highest BCUT2D eigenvalue weighted by Crippen LogP contribution is 2.28. The molecule has 37 heavy (non-hydrogen) atoms. The van der Waals surface area contributed by atoms with Crippen molar-refractivity contribution in [2.24, 2.45) is 0 Å². The van der Waals surface area contributed by atoms with Gasteiger partial charge >= 0.3 is 0 Å². The molecular formula is C29H33N5O2S. The first-order valence-electron chi connectivity index (χ1n) is 12.8. The molecule has 1 saturated heterocycles. The van der Waals surface area contributed by atoms with Crippen molar-refractivity contribution in [2.45, 2.75) is 38.1 Å². The Morgan fingerprint density at radius 2 is 1.57 bits per heavy atom. The van der Waals surface area contributed by atoms with Gasteiger partial charge in [0.25, 0.3) is 0 Å². The highest BCUT2D eigenvalue weighted by Gasteiger charge is 2.31. The summed E-state index contributed by atoms with van der Waals surface area (Å²) < 4.78 is 28.0. The topological polar surface area (TPSA) is 78.4 Å². The number of benzene rings is 3. The number of nitrogens with zero attached hydrogens (tertiary/aromatic N) is 4. The van der Waals surface area contributed by atoms with Crippen molar-refractivity contribution in [3.05, 3.63) is 89.7 Å². The van der Waals surface area contributed by atoms with Crippen LogP contribution in [0.4, 0.5) is 11.5 Å². The monoisotopic (exact) mass is 515 g/mol. The summed E-state index contributed by atoms with van der Waals surface area (Å²) in [5.74, 6) is 1.49. The fourth-order valence-corrected chi connectivity index (χ4v) is 6.11. The Morgan fingerprint density at radius 1 is 0.892 bits per heavy atom. The summed E-state index contributed by atoms with van der Waals surface area (Å²) >= 11 is 0. The molecule has 0 spiro atoms. The second-order valence-electron chi connectivity index (χ2n) is 9.55. The Hall–Kier alpha value is -3.33. The predicted molar refractivity (Wildman–Crippen MR) is 149 cm³/mol. The Morgan fingerprint density at radius 3 is 2.24 bits per heavy atom. The van der Waals surface area contributed by atoms with Gasteiger partial charge in [-0.1, -0.05) is 48.9 Å². The quantitative estimate of drug-likeness (QED) is 0.359. The summed E-state index contributed by atoms with van der Waals surface area (Å²) in [6.07, 6.45) is 0.885. The summed E-state index contributed by atoms with van der Waals surface area (Å²) in [7, 11) is -3.51. The van der Waals surface area contributed by atoms with Gasteiger partial charge in [0.2, 0.25) is 10.0 Å². The van der Waals surface area contributed by atoms with Gasteiger partial charge in [-0.15, -0.1) is 0 Å². The highest BCUT2D eigenvalue weighted by molar-refractivity contribution is 7.89. The van der Waals surface area contributed by atoms with Gasteiger partial charge < -0.3 is 5.32 Å². The number of rotatable bonds is 7. The van der Waals surface area contributed by atoms with E-state index in [4.69, 9.17) is 9.97 Å². The average Bonchev–Trinajstić information content (AvgIpc) is 2.94. The highest BCUT2D eigenvalue weighted by atomic mass is 32.2. The van der Waals surface area contributed by atoms with Gasteiger partial charge in [0.15, 0.2) is 0 Å². The maximum Gasteiger partial charge on any atom is 0.243 e. The first-order valence-corrected chi connectivity index (χ1v) is 14.2. The van der Waals surface area contributed by atoms with Crippen molar-refractivity contribution in [3.63, 3.8) is 0 Å². The van der Waals surface area contributed by atoms with Crippen LogP contribution in [0.5, 0.6) is 0 Å². The Labute approximate surface area is 219 Å². The maximum atomic E-state index is 13.2. The summed E-state index contributed by atoms with van der Waals surface area (Å²) in [5.41, 5.74) is 4.18. The molecule has 0 saturated carbocycles. The van der Waals surface area contributed by atoms with Crippen LogP contribution in [0, 0.1) is 6.92 Å². The van der Waals surface area contributed by atoms with Crippen LogP contribution in [0.3, 0.4) is 0 Å². The molecule has 7 nitrogen and oxygen atoms in total. The van der Waals surface area contributed by atoms with Gasteiger partial charge in [0.1, 0.15) is 11.6 Å². The number of fused-ring (bicyclic) bond motifs is 1. The molecule has 3 aromatic carbocycles. The Bertz CT molecular complexity index is 1480. The van der Waals surface area contributed by atoms with Gasteiger partial charge in [-0.2, -0.15) is 4.31 Å². The predicted octanol–water partition coefficient (Wildman–Crippen LogP) is 5.31. The smallest absolute Gasteiger partial charge is 0.243 e. The lowest BCUT2D eigenvalue weighted by Gasteiger charge is -2.36. The molecular weight excluding hydrogens is 482 g/mol. The summed E-state index contributed by atoms with van der Waals surface area (Å²) in [4.78, 5) is 12.4. The fourth-order valence-electron chi connectivity index (χ4n) is 4.69. The van der Waals surface area contributed by atoms with Crippen LogP contribution in [-0.4, -0.2) is 53.8 Å². The number of para-hydroxylation sites is 1. The van der Waals surface area contributed by atoms with Crippen molar-refractivity contribution < 1.29 is 8.42 Å². The number of aryl methyl sites for hydroxylation is 2. The van der Waals surface area contributed by atoms with E-state index in [0.717, 1.165) is 40.2 Å². The first-order chi connectivity index (χ1) is 17.8. The van der Waals surface area contributed by atoms with Crippen LogP contribution < -0.4 is 5.32 Å². The first kappa shape index (κ1) is 25.3. The number of aromatic nitrogens is 2. The zero-order valence-electron chi connectivity index (χ0n) is 21.6. The molecule has 1 aliphatic heterocycles. The third-order valence-corrected chi connectivity index (χ3v) is 9.01. The van der Waals surface area contributed by atoms with Crippen molar-refractivity contribution >= 4 is 32.4 Å². The third kappa shape index (κ3) is 5.37. The van der Waals surface area contributed by atoms with Gasteiger partial charge in [0, 0.05) is 37.3 Å². The molecule has 1 atom stereocenters. The van der Waals surface area contributed by atoms with Crippen molar-refractivity contribution in [3.8, 4) is 0 Å². The largest absolute Gasteiger partial charge is 0.340 e. The lowest BCUT2D eigenvalue weighted by Crippen LogP contribution is -2.49. The zero-order chi connectivity index (χ0) is 26.0. The molecule has 8 heteroatoms. The van der Waals surface area contributed by atoms with E-state index in [1.807, 2.05) is 48.5 Å². The van der Waals surface area contributed by atoms with Crippen LogP contribution in [0.1, 0.15) is 36.8 Å². The Kier molecular flexibility index (Phi) is 7.24. The number of nitrogens with one attached hydrogen (secondary N) is 1. The fraction of sp³-hybridized carbons (Fsp3) is 0.310. The number of piperazine rings is 1. The minimum Gasteiger partial charge on any atom is -0.340 e. The van der Waals surface area contributed by atoms with Gasteiger partial charge in [-0.3, -0.25) is 4.90 Å². The van der Waals surface area contributed by atoms with Crippen molar-refractivity contribution in [2.75, 3.05) is 31.5 Å². The SMILES string of the molecule is CCc1ccc(S(=O)(=O)N2CCN(C(C)c3nc(Nc4ccc(C)cc4)c4ccccc4n3)CC2)cc1. The van der Waals surface area contributed by atoms with Crippen LogP contribution in [-0.2, 0) is 16.4 Å². The molecule has 1 aliphatic rings. The van der Waals surface area contributed by atoms with Crippen molar-refractivity contribution in [1.29, 1.82) is 0 Å². The second-order valence-corrected chi connectivity index (χ2v) is 11.5. The van der Waals surface area contributed by atoms with E-state index in [9.17, 15) is 8.42 Å². The third-order valence-electron chi connectivity index (χ3n) is 7.10. The van der Waals surface area contributed by atoms with Crippen LogP contribution >= 0.6 is 0 Å². The van der Waals surface area contributed by atoms with Crippen LogP contribution in [0.25, 0.3) is 10.9 Å².